The first-order valence-corrected chi connectivity index (χ1v) is 10.7. The van der Waals surface area contributed by atoms with Gasteiger partial charge in [0.15, 0.2) is 6.61 Å². The Morgan fingerprint density at radius 1 is 0.966 bits per heavy atom. The van der Waals surface area contributed by atoms with E-state index in [0.717, 1.165) is 17.8 Å². The Kier molecular flexibility index (Phi) is 5.81. The molecule has 0 atom stereocenters. The second-order valence-corrected chi connectivity index (χ2v) is 9.48. The molecule has 4 saturated carbocycles. The number of amides is 2. The van der Waals surface area contributed by atoms with Crippen molar-refractivity contribution in [2.45, 2.75) is 38.5 Å². The van der Waals surface area contributed by atoms with E-state index in [1.165, 1.54) is 38.5 Å². The lowest BCUT2D eigenvalue weighted by Gasteiger charge is -2.56. The van der Waals surface area contributed by atoms with Crippen molar-refractivity contribution in [2.75, 3.05) is 19.7 Å². The van der Waals surface area contributed by atoms with Gasteiger partial charge in [-0.05, 0) is 86.0 Å². The van der Waals surface area contributed by atoms with Crippen LogP contribution in [0.3, 0.4) is 0 Å². The fourth-order valence-electron chi connectivity index (χ4n) is 5.90. The van der Waals surface area contributed by atoms with Gasteiger partial charge in [0.05, 0.1) is 0 Å². The van der Waals surface area contributed by atoms with Crippen LogP contribution in [0.15, 0.2) is 24.3 Å². The molecule has 2 N–H and O–H groups in total. The third-order valence-corrected chi connectivity index (χ3v) is 6.94. The van der Waals surface area contributed by atoms with Crippen LogP contribution < -0.4 is 10.6 Å². The molecule has 29 heavy (non-hydrogen) atoms. The molecule has 4 aliphatic carbocycles. The number of carbonyl (C=O) groups is 3. The van der Waals surface area contributed by atoms with Crippen molar-refractivity contribution in [1.82, 2.24) is 10.6 Å². The summed E-state index contributed by atoms with van der Waals surface area (Å²) in [7, 11) is 0. The SMILES string of the molecule is O=C(COC(=O)CNC(=O)c1ccc(Cl)cc1)NCC12CC3CC(CC(C3)C1)C2. The average Bonchev–Trinajstić information content (AvgIpc) is 2.68. The summed E-state index contributed by atoms with van der Waals surface area (Å²) in [5.41, 5.74) is 0.650. The van der Waals surface area contributed by atoms with Gasteiger partial charge in [-0.25, -0.2) is 0 Å². The van der Waals surface area contributed by atoms with E-state index in [-0.39, 0.29) is 24.5 Å². The van der Waals surface area contributed by atoms with Crippen LogP contribution in [0.2, 0.25) is 5.02 Å². The van der Waals surface area contributed by atoms with Crippen molar-refractivity contribution >= 4 is 29.4 Å². The van der Waals surface area contributed by atoms with Gasteiger partial charge >= 0.3 is 5.97 Å². The summed E-state index contributed by atoms with van der Waals surface area (Å²) in [6.07, 6.45) is 7.76. The van der Waals surface area contributed by atoms with Gasteiger partial charge in [-0.3, -0.25) is 14.4 Å². The van der Waals surface area contributed by atoms with E-state index in [1.54, 1.807) is 24.3 Å². The highest BCUT2D eigenvalue weighted by molar-refractivity contribution is 6.30. The Labute approximate surface area is 175 Å². The van der Waals surface area contributed by atoms with E-state index in [0.29, 0.717) is 17.1 Å². The fraction of sp³-hybridized carbons (Fsp3) is 0.591. The Morgan fingerprint density at radius 3 is 2.14 bits per heavy atom. The number of hydrogen-bond donors (Lipinski definition) is 2. The van der Waals surface area contributed by atoms with Crippen molar-refractivity contribution in [3.63, 3.8) is 0 Å². The van der Waals surface area contributed by atoms with E-state index in [9.17, 15) is 14.4 Å². The largest absolute Gasteiger partial charge is 0.454 e. The van der Waals surface area contributed by atoms with Crippen molar-refractivity contribution in [3.05, 3.63) is 34.9 Å². The predicted molar refractivity (Wildman–Crippen MR) is 108 cm³/mol. The van der Waals surface area contributed by atoms with Gasteiger partial charge in [0.1, 0.15) is 6.54 Å². The van der Waals surface area contributed by atoms with E-state index >= 15 is 0 Å². The lowest BCUT2D eigenvalue weighted by atomic mass is 9.49. The van der Waals surface area contributed by atoms with Gasteiger partial charge in [-0.15, -0.1) is 0 Å². The summed E-state index contributed by atoms with van der Waals surface area (Å²) in [6, 6.07) is 6.34. The summed E-state index contributed by atoms with van der Waals surface area (Å²) in [6.45, 7) is 0.0753. The number of esters is 1. The number of benzene rings is 1. The Balaban J connectivity index is 1.16. The number of rotatable bonds is 7. The molecule has 4 fully saturated rings. The smallest absolute Gasteiger partial charge is 0.325 e. The molecule has 156 valence electrons. The highest BCUT2D eigenvalue weighted by Crippen LogP contribution is 2.59. The van der Waals surface area contributed by atoms with Crippen molar-refractivity contribution in [2.24, 2.45) is 23.2 Å². The Morgan fingerprint density at radius 2 is 1.55 bits per heavy atom. The summed E-state index contributed by atoms with van der Waals surface area (Å²) in [4.78, 5) is 35.9. The number of halogens is 1. The third-order valence-electron chi connectivity index (χ3n) is 6.69. The fourth-order valence-corrected chi connectivity index (χ4v) is 6.02. The summed E-state index contributed by atoms with van der Waals surface area (Å²) < 4.78 is 4.99. The molecular weight excluding hydrogens is 392 g/mol. The average molecular weight is 419 g/mol. The summed E-state index contributed by atoms with van der Waals surface area (Å²) in [5.74, 6) is 1.18. The molecule has 1 aromatic carbocycles. The predicted octanol–water partition coefficient (Wildman–Crippen LogP) is 2.95. The Bertz CT molecular complexity index is 757. The van der Waals surface area contributed by atoms with Crippen LogP contribution in [0.1, 0.15) is 48.9 Å². The minimum absolute atomic E-state index is 0.251. The van der Waals surface area contributed by atoms with Crippen molar-refractivity contribution in [3.8, 4) is 0 Å². The van der Waals surface area contributed by atoms with Gasteiger partial charge in [0, 0.05) is 17.1 Å². The molecule has 4 bridgehead atoms. The van der Waals surface area contributed by atoms with Crippen LogP contribution in [-0.2, 0) is 14.3 Å². The van der Waals surface area contributed by atoms with Crippen molar-refractivity contribution in [1.29, 1.82) is 0 Å². The zero-order valence-electron chi connectivity index (χ0n) is 16.4. The maximum atomic E-state index is 12.1. The number of ether oxygens (including phenoxy) is 1. The number of hydrogen-bond acceptors (Lipinski definition) is 4. The molecule has 0 radical (unpaired) electrons. The summed E-state index contributed by atoms with van der Waals surface area (Å²) >= 11 is 5.78. The van der Waals surface area contributed by atoms with Gasteiger partial charge in [0.25, 0.3) is 11.8 Å². The minimum atomic E-state index is -0.641. The zero-order valence-corrected chi connectivity index (χ0v) is 17.2. The molecule has 2 amide bonds. The first-order chi connectivity index (χ1) is 13.9. The first-order valence-electron chi connectivity index (χ1n) is 10.4. The minimum Gasteiger partial charge on any atom is -0.454 e. The third kappa shape index (κ3) is 4.92. The van der Waals surface area contributed by atoms with E-state index < -0.39 is 11.9 Å². The molecule has 0 spiro atoms. The van der Waals surface area contributed by atoms with Crippen molar-refractivity contribution < 1.29 is 19.1 Å². The van der Waals surface area contributed by atoms with E-state index in [2.05, 4.69) is 10.6 Å². The van der Waals surface area contributed by atoms with Crippen LogP contribution in [0.4, 0.5) is 0 Å². The van der Waals surface area contributed by atoms with Gasteiger partial charge in [-0.1, -0.05) is 11.6 Å². The van der Waals surface area contributed by atoms with Crippen LogP contribution in [0, 0.1) is 23.2 Å². The number of nitrogens with one attached hydrogen (secondary N) is 2. The molecule has 4 aliphatic rings. The normalized spacial score (nSPS) is 29.3. The standard InChI is InChI=1S/C22H27ClN2O4/c23-18-3-1-17(2-4-18)21(28)24-11-20(27)29-12-19(26)25-13-22-8-14-5-15(9-22)7-16(6-14)10-22/h1-4,14-16H,5-13H2,(H,24,28)(H,25,26). The van der Waals surface area contributed by atoms with E-state index in [1.807, 2.05) is 0 Å². The zero-order chi connectivity index (χ0) is 20.4. The van der Waals surface area contributed by atoms with Gasteiger partial charge in [-0.2, -0.15) is 0 Å². The topological polar surface area (TPSA) is 84.5 Å². The first kappa shape index (κ1) is 20.2. The lowest BCUT2D eigenvalue weighted by Crippen LogP contribution is -2.51. The van der Waals surface area contributed by atoms with Gasteiger partial charge in [0.2, 0.25) is 0 Å². The molecular formula is C22H27ClN2O4. The van der Waals surface area contributed by atoms with E-state index in [4.69, 9.17) is 16.3 Å². The molecule has 0 heterocycles. The van der Waals surface area contributed by atoms with Crippen LogP contribution in [-0.4, -0.2) is 37.5 Å². The second kappa shape index (κ2) is 8.34. The molecule has 7 heteroatoms. The molecule has 0 aromatic heterocycles. The monoisotopic (exact) mass is 418 g/mol. The second-order valence-electron chi connectivity index (χ2n) is 9.04. The summed E-state index contributed by atoms with van der Waals surface area (Å²) in [5, 5.41) is 5.98. The van der Waals surface area contributed by atoms with Crippen LogP contribution in [0.5, 0.6) is 0 Å². The molecule has 0 saturated heterocycles. The highest BCUT2D eigenvalue weighted by Gasteiger charge is 2.50. The lowest BCUT2D eigenvalue weighted by molar-refractivity contribution is -0.147. The quantitative estimate of drug-likeness (QED) is 0.667. The van der Waals surface area contributed by atoms with Crippen LogP contribution >= 0.6 is 11.6 Å². The molecule has 5 rings (SSSR count). The van der Waals surface area contributed by atoms with Gasteiger partial charge < -0.3 is 15.4 Å². The Hall–Kier alpha value is -2.08. The molecule has 1 aromatic rings. The molecule has 0 unspecified atom stereocenters. The maximum Gasteiger partial charge on any atom is 0.325 e. The number of carbonyl (C=O) groups excluding carboxylic acids is 3. The maximum absolute atomic E-state index is 12.1. The molecule has 6 nitrogen and oxygen atoms in total. The highest BCUT2D eigenvalue weighted by atomic mass is 35.5. The van der Waals surface area contributed by atoms with Crippen LogP contribution in [0.25, 0.3) is 0 Å². The molecule has 0 aliphatic heterocycles.